The van der Waals surface area contributed by atoms with E-state index in [2.05, 4.69) is 18.9 Å². The van der Waals surface area contributed by atoms with Gasteiger partial charge in [-0.3, -0.25) is 0 Å². The van der Waals surface area contributed by atoms with Crippen molar-refractivity contribution in [2.45, 2.75) is 26.4 Å². The maximum Gasteiger partial charge on any atom is 0.0823 e. The molecule has 0 aliphatic heterocycles. The smallest absolute Gasteiger partial charge is 0.0823 e. The van der Waals surface area contributed by atoms with Crippen molar-refractivity contribution in [2.24, 2.45) is 5.73 Å². The van der Waals surface area contributed by atoms with E-state index in [1.807, 2.05) is 6.92 Å². The molecule has 0 radical (unpaired) electrons. The van der Waals surface area contributed by atoms with Crippen LogP contribution in [0.25, 0.3) is 0 Å². The Labute approximate surface area is 75.9 Å². The van der Waals surface area contributed by atoms with Gasteiger partial charge in [0.05, 0.1) is 6.10 Å². The van der Waals surface area contributed by atoms with Gasteiger partial charge in [0.15, 0.2) is 0 Å². The lowest BCUT2D eigenvalue weighted by Crippen LogP contribution is -2.36. The zero-order chi connectivity index (χ0) is 9.40. The Morgan fingerprint density at radius 3 is 2.50 bits per heavy atom. The Morgan fingerprint density at radius 1 is 1.42 bits per heavy atom. The van der Waals surface area contributed by atoms with E-state index in [9.17, 15) is 0 Å². The predicted molar refractivity (Wildman–Crippen MR) is 52.3 cm³/mol. The number of hydrogen-bond acceptors (Lipinski definition) is 3. The van der Waals surface area contributed by atoms with Crippen LogP contribution in [-0.2, 0) is 4.74 Å². The van der Waals surface area contributed by atoms with Crippen LogP contribution >= 0.6 is 0 Å². The quantitative estimate of drug-likeness (QED) is 0.617. The van der Waals surface area contributed by atoms with Crippen LogP contribution in [0.3, 0.4) is 0 Å². The van der Waals surface area contributed by atoms with Gasteiger partial charge in [0, 0.05) is 19.7 Å². The summed E-state index contributed by atoms with van der Waals surface area (Å²) in [7, 11) is 2.10. The summed E-state index contributed by atoms with van der Waals surface area (Å²) in [5.41, 5.74) is 5.55. The van der Waals surface area contributed by atoms with Crippen LogP contribution in [0, 0.1) is 0 Å². The van der Waals surface area contributed by atoms with Crippen LogP contribution in [-0.4, -0.2) is 44.3 Å². The maximum atomic E-state index is 5.55. The van der Waals surface area contributed by atoms with E-state index < -0.39 is 0 Å². The highest BCUT2D eigenvalue weighted by Crippen LogP contribution is 1.94. The topological polar surface area (TPSA) is 38.5 Å². The van der Waals surface area contributed by atoms with E-state index in [0.29, 0.717) is 6.54 Å². The zero-order valence-corrected chi connectivity index (χ0v) is 8.55. The first kappa shape index (κ1) is 11.9. The third kappa shape index (κ3) is 5.52. The third-order valence-electron chi connectivity index (χ3n) is 1.79. The molecule has 1 unspecified atom stereocenters. The molecule has 0 aromatic heterocycles. The molecule has 0 aromatic rings. The van der Waals surface area contributed by atoms with Crippen molar-refractivity contribution in [1.82, 2.24) is 4.90 Å². The van der Waals surface area contributed by atoms with Crippen molar-refractivity contribution in [1.29, 1.82) is 0 Å². The van der Waals surface area contributed by atoms with Gasteiger partial charge in [-0.05, 0) is 26.9 Å². The summed E-state index contributed by atoms with van der Waals surface area (Å²) in [6, 6.07) is 0. The first-order valence-electron chi connectivity index (χ1n) is 4.74. The molecule has 0 saturated heterocycles. The summed E-state index contributed by atoms with van der Waals surface area (Å²) in [4.78, 5) is 2.26. The van der Waals surface area contributed by atoms with E-state index >= 15 is 0 Å². The van der Waals surface area contributed by atoms with Crippen molar-refractivity contribution < 1.29 is 4.74 Å². The Morgan fingerprint density at radius 2 is 2.08 bits per heavy atom. The van der Waals surface area contributed by atoms with Gasteiger partial charge in [-0.2, -0.15) is 0 Å². The van der Waals surface area contributed by atoms with E-state index in [1.165, 1.54) is 6.42 Å². The van der Waals surface area contributed by atoms with Crippen molar-refractivity contribution in [2.75, 3.05) is 33.3 Å². The molecule has 0 aliphatic rings. The number of ether oxygens (including phenoxy) is 1. The van der Waals surface area contributed by atoms with Crippen LogP contribution in [0.1, 0.15) is 20.3 Å². The minimum Gasteiger partial charge on any atom is -0.376 e. The summed E-state index contributed by atoms with van der Waals surface area (Å²) in [6.45, 7) is 7.60. The molecule has 0 bridgehead atoms. The van der Waals surface area contributed by atoms with Gasteiger partial charge in [-0.15, -0.1) is 0 Å². The molecule has 0 aromatic carbocycles. The number of likely N-dealkylation sites (N-methyl/N-ethyl adjacent to an activating group) is 1. The molecular weight excluding hydrogens is 152 g/mol. The Kier molecular flexibility index (Phi) is 7.45. The average Bonchev–Trinajstić information content (AvgIpc) is 2.04. The highest BCUT2D eigenvalue weighted by molar-refractivity contribution is 4.63. The molecule has 0 fully saturated rings. The Hall–Kier alpha value is -0.120. The number of nitrogens with two attached hydrogens (primary N) is 1. The molecule has 3 heteroatoms. The number of rotatable bonds is 7. The van der Waals surface area contributed by atoms with Crippen molar-refractivity contribution in [3.8, 4) is 0 Å². The lowest BCUT2D eigenvalue weighted by molar-refractivity contribution is 0.0453. The molecule has 0 rings (SSSR count). The fraction of sp³-hybridized carbons (Fsp3) is 1.00. The van der Waals surface area contributed by atoms with E-state index in [4.69, 9.17) is 10.5 Å². The standard InChI is InChI=1S/C9H22N2O/c1-4-6-11(3)8-9(7-10)12-5-2/h9H,4-8,10H2,1-3H3. The molecule has 0 heterocycles. The molecule has 74 valence electrons. The van der Waals surface area contributed by atoms with Crippen molar-refractivity contribution >= 4 is 0 Å². The highest BCUT2D eigenvalue weighted by Gasteiger charge is 2.08. The van der Waals surface area contributed by atoms with Gasteiger partial charge in [0.25, 0.3) is 0 Å². The maximum absolute atomic E-state index is 5.55. The van der Waals surface area contributed by atoms with Crippen LogP contribution in [0.15, 0.2) is 0 Å². The minimum absolute atomic E-state index is 0.201. The second kappa shape index (κ2) is 7.53. The monoisotopic (exact) mass is 174 g/mol. The largest absolute Gasteiger partial charge is 0.376 e. The Bertz CT molecular complexity index is 98.5. The van der Waals surface area contributed by atoms with Gasteiger partial charge in [-0.1, -0.05) is 6.92 Å². The van der Waals surface area contributed by atoms with Gasteiger partial charge >= 0.3 is 0 Å². The minimum atomic E-state index is 0.201. The van der Waals surface area contributed by atoms with Gasteiger partial charge in [0.2, 0.25) is 0 Å². The summed E-state index contributed by atoms with van der Waals surface area (Å²) < 4.78 is 5.44. The predicted octanol–water partition coefficient (Wildman–Crippen LogP) is 0.692. The van der Waals surface area contributed by atoms with Gasteiger partial charge in [0.1, 0.15) is 0 Å². The molecule has 0 spiro atoms. The zero-order valence-electron chi connectivity index (χ0n) is 8.55. The molecular formula is C9H22N2O. The summed E-state index contributed by atoms with van der Waals surface area (Å²) in [5.74, 6) is 0. The highest BCUT2D eigenvalue weighted by atomic mass is 16.5. The summed E-state index contributed by atoms with van der Waals surface area (Å²) in [5, 5.41) is 0. The summed E-state index contributed by atoms with van der Waals surface area (Å²) >= 11 is 0. The third-order valence-corrected chi connectivity index (χ3v) is 1.79. The SMILES string of the molecule is CCCN(C)CC(CN)OCC. The lowest BCUT2D eigenvalue weighted by atomic mass is 10.3. The Balaban J connectivity index is 3.53. The van der Waals surface area contributed by atoms with E-state index in [-0.39, 0.29) is 6.10 Å². The van der Waals surface area contributed by atoms with Crippen molar-refractivity contribution in [3.63, 3.8) is 0 Å². The molecule has 0 saturated carbocycles. The average molecular weight is 174 g/mol. The number of hydrogen-bond donors (Lipinski definition) is 1. The van der Waals surface area contributed by atoms with Gasteiger partial charge in [-0.25, -0.2) is 0 Å². The molecule has 3 nitrogen and oxygen atoms in total. The first-order chi connectivity index (χ1) is 5.74. The van der Waals surface area contributed by atoms with Crippen LogP contribution in [0.2, 0.25) is 0 Å². The lowest BCUT2D eigenvalue weighted by Gasteiger charge is -2.22. The molecule has 2 N–H and O–H groups in total. The van der Waals surface area contributed by atoms with Crippen LogP contribution in [0.5, 0.6) is 0 Å². The number of nitrogens with zero attached hydrogens (tertiary/aromatic N) is 1. The first-order valence-corrected chi connectivity index (χ1v) is 4.74. The van der Waals surface area contributed by atoms with Crippen LogP contribution in [0.4, 0.5) is 0 Å². The van der Waals surface area contributed by atoms with Gasteiger partial charge < -0.3 is 15.4 Å². The second-order valence-electron chi connectivity index (χ2n) is 3.08. The second-order valence-corrected chi connectivity index (χ2v) is 3.08. The molecule has 1 atom stereocenters. The van der Waals surface area contributed by atoms with Crippen molar-refractivity contribution in [3.05, 3.63) is 0 Å². The van der Waals surface area contributed by atoms with E-state index in [0.717, 1.165) is 19.7 Å². The fourth-order valence-electron chi connectivity index (χ4n) is 1.25. The molecule has 12 heavy (non-hydrogen) atoms. The fourth-order valence-corrected chi connectivity index (χ4v) is 1.25. The normalized spacial score (nSPS) is 13.8. The van der Waals surface area contributed by atoms with E-state index in [1.54, 1.807) is 0 Å². The summed E-state index contributed by atoms with van der Waals surface area (Å²) in [6.07, 6.45) is 1.38. The molecule has 0 amide bonds. The molecule has 0 aliphatic carbocycles. The van der Waals surface area contributed by atoms with Crippen LogP contribution < -0.4 is 5.73 Å².